The standard InChI is InChI=1S/C12H20N4/c1-13-9-11-3-4-12(14-10-11)16-7-5-15(2)6-8-16/h3-4,10,13H,5-9H2,1-2H3. The van der Waals surface area contributed by atoms with Crippen LogP contribution in [0.3, 0.4) is 0 Å². The first-order chi connectivity index (χ1) is 7.79. The first kappa shape index (κ1) is 11.4. The van der Waals surface area contributed by atoms with Crippen molar-refractivity contribution in [2.45, 2.75) is 6.54 Å². The van der Waals surface area contributed by atoms with Gasteiger partial charge in [0, 0.05) is 38.9 Å². The highest BCUT2D eigenvalue weighted by atomic mass is 15.3. The van der Waals surface area contributed by atoms with Crippen molar-refractivity contribution in [1.29, 1.82) is 0 Å². The van der Waals surface area contributed by atoms with Crippen LogP contribution in [0.1, 0.15) is 5.56 Å². The first-order valence-electron chi connectivity index (χ1n) is 5.82. The second-order valence-electron chi connectivity index (χ2n) is 4.35. The SMILES string of the molecule is CNCc1ccc(N2CCN(C)CC2)nc1. The van der Waals surface area contributed by atoms with Crippen molar-refractivity contribution >= 4 is 5.82 Å². The quantitative estimate of drug-likeness (QED) is 0.806. The number of nitrogens with one attached hydrogen (secondary N) is 1. The Morgan fingerprint density at radius 3 is 2.56 bits per heavy atom. The molecule has 1 aliphatic heterocycles. The molecule has 1 N–H and O–H groups in total. The molecule has 4 heteroatoms. The number of nitrogens with zero attached hydrogens (tertiary/aromatic N) is 3. The molecule has 88 valence electrons. The number of pyridine rings is 1. The molecule has 1 saturated heterocycles. The van der Waals surface area contributed by atoms with Gasteiger partial charge in [-0.1, -0.05) is 6.07 Å². The lowest BCUT2D eigenvalue weighted by atomic mass is 10.2. The van der Waals surface area contributed by atoms with Gasteiger partial charge in [0.2, 0.25) is 0 Å². The minimum atomic E-state index is 0.885. The minimum absolute atomic E-state index is 0.885. The van der Waals surface area contributed by atoms with Gasteiger partial charge in [0.1, 0.15) is 5.82 Å². The summed E-state index contributed by atoms with van der Waals surface area (Å²) in [5.74, 6) is 1.10. The molecule has 2 heterocycles. The van der Waals surface area contributed by atoms with Crippen molar-refractivity contribution in [3.63, 3.8) is 0 Å². The van der Waals surface area contributed by atoms with E-state index in [1.807, 2.05) is 13.2 Å². The molecule has 0 spiro atoms. The fraction of sp³-hybridized carbons (Fsp3) is 0.583. The Hall–Kier alpha value is -1.13. The molecule has 0 unspecified atom stereocenters. The fourth-order valence-electron chi connectivity index (χ4n) is 1.95. The van der Waals surface area contributed by atoms with Gasteiger partial charge in [-0.15, -0.1) is 0 Å². The Morgan fingerprint density at radius 2 is 2.00 bits per heavy atom. The van der Waals surface area contributed by atoms with Gasteiger partial charge in [-0.3, -0.25) is 0 Å². The number of rotatable bonds is 3. The Bertz CT molecular complexity index is 314. The number of likely N-dealkylation sites (N-methyl/N-ethyl adjacent to an activating group) is 1. The average Bonchev–Trinajstić information content (AvgIpc) is 2.32. The number of aromatic nitrogens is 1. The van der Waals surface area contributed by atoms with Gasteiger partial charge in [0.15, 0.2) is 0 Å². The maximum absolute atomic E-state index is 4.51. The smallest absolute Gasteiger partial charge is 0.128 e. The van der Waals surface area contributed by atoms with Crippen LogP contribution in [0.25, 0.3) is 0 Å². The molecule has 1 aromatic rings. The molecular weight excluding hydrogens is 200 g/mol. The van der Waals surface area contributed by atoms with E-state index in [1.165, 1.54) is 5.56 Å². The monoisotopic (exact) mass is 220 g/mol. The van der Waals surface area contributed by atoms with E-state index in [2.05, 4.69) is 39.3 Å². The zero-order valence-electron chi connectivity index (χ0n) is 10.1. The second kappa shape index (κ2) is 5.27. The molecule has 1 aromatic heterocycles. The first-order valence-corrected chi connectivity index (χ1v) is 5.82. The van der Waals surface area contributed by atoms with Crippen molar-refractivity contribution in [1.82, 2.24) is 15.2 Å². The van der Waals surface area contributed by atoms with Crippen LogP contribution in [0.4, 0.5) is 5.82 Å². The minimum Gasteiger partial charge on any atom is -0.354 e. The lowest BCUT2D eigenvalue weighted by Crippen LogP contribution is -2.44. The number of hydrogen-bond donors (Lipinski definition) is 1. The number of piperazine rings is 1. The molecule has 0 atom stereocenters. The summed E-state index contributed by atoms with van der Waals surface area (Å²) in [5.41, 5.74) is 1.24. The van der Waals surface area contributed by atoms with Crippen LogP contribution in [-0.2, 0) is 6.54 Å². The predicted octanol–water partition coefficient (Wildman–Crippen LogP) is 0.553. The summed E-state index contributed by atoms with van der Waals surface area (Å²) in [6, 6.07) is 4.27. The summed E-state index contributed by atoms with van der Waals surface area (Å²) in [5, 5.41) is 3.13. The van der Waals surface area contributed by atoms with E-state index in [-0.39, 0.29) is 0 Å². The third kappa shape index (κ3) is 2.71. The van der Waals surface area contributed by atoms with Crippen LogP contribution in [0.15, 0.2) is 18.3 Å². The zero-order valence-corrected chi connectivity index (χ0v) is 10.1. The Morgan fingerprint density at radius 1 is 1.25 bits per heavy atom. The van der Waals surface area contributed by atoms with Crippen LogP contribution in [0, 0.1) is 0 Å². The average molecular weight is 220 g/mol. The summed E-state index contributed by atoms with van der Waals surface area (Å²) in [6.07, 6.45) is 1.96. The summed E-state index contributed by atoms with van der Waals surface area (Å²) in [6.45, 7) is 5.29. The van der Waals surface area contributed by atoms with E-state index >= 15 is 0 Å². The molecule has 0 bridgehead atoms. The largest absolute Gasteiger partial charge is 0.354 e. The second-order valence-corrected chi connectivity index (χ2v) is 4.35. The van der Waals surface area contributed by atoms with Crippen molar-refractivity contribution in [3.8, 4) is 0 Å². The number of anilines is 1. The maximum atomic E-state index is 4.51. The topological polar surface area (TPSA) is 31.4 Å². The molecule has 16 heavy (non-hydrogen) atoms. The van der Waals surface area contributed by atoms with Gasteiger partial charge in [0.05, 0.1) is 0 Å². The number of hydrogen-bond acceptors (Lipinski definition) is 4. The highest BCUT2D eigenvalue weighted by Gasteiger charge is 2.14. The van der Waals surface area contributed by atoms with Gasteiger partial charge in [-0.2, -0.15) is 0 Å². The van der Waals surface area contributed by atoms with E-state index in [0.717, 1.165) is 38.5 Å². The molecule has 0 aliphatic carbocycles. The summed E-state index contributed by atoms with van der Waals surface area (Å²) in [7, 11) is 4.12. The van der Waals surface area contributed by atoms with Gasteiger partial charge >= 0.3 is 0 Å². The lowest BCUT2D eigenvalue weighted by Gasteiger charge is -2.33. The van der Waals surface area contributed by atoms with Gasteiger partial charge in [-0.25, -0.2) is 4.98 Å². The van der Waals surface area contributed by atoms with Crippen LogP contribution in [-0.4, -0.2) is 50.2 Å². The Kier molecular flexibility index (Phi) is 3.74. The highest BCUT2D eigenvalue weighted by Crippen LogP contribution is 2.13. The summed E-state index contributed by atoms with van der Waals surface area (Å²) in [4.78, 5) is 9.22. The van der Waals surface area contributed by atoms with Gasteiger partial charge in [-0.05, 0) is 25.7 Å². The van der Waals surface area contributed by atoms with Crippen molar-refractivity contribution in [2.24, 2.45) is 0 Å². The Balaban J connectivity index is 1.98. The third-order valence-electron chi connectivity index (χ3n) is 3.02. The highest BCUT2D eigenvalue weighted by molar-refractivity contribution is 5.39. The molecule has 0 radical (unpaired) electrons. The lowest BCUT2D eigenvalue weighted by molar-refractivity contribution is 0.312. The summed E-state index contributed by atoms with van der Waals surface area (Å²) < 4.78 is 0. The van der Waals surface area contributed by atoms with Crippen molar-refractivity contribution in [3.05, 3.63) is 23.9 Å². The van der Waals surface area contributed by atoms with E-state index in [9.17, 15) is 0 Å². The fourth-order valence-corrected chi connectivity index (χ4v) is 1.95. The predicted molar refractivity (Wildman–Crippen MR) is 66.7 cm³/mol. The molecule has 0 saturated carbocycles. The van der Waals surface area contributed by atoms with Crippen LogP contribution >= 0.6 is 0 Å². The van der Waals surface area contributed by atoms with E-state index < -0.39 is 0 Å². The third-order valence-corrected chi connectivity index (χ3v) is 3.02. The van der Waals surface area contributed by atoms with Crippen LogP contribution in [0.2, 0.25) is 0 Å². The molecular formula is C12H20N4. The maximum Gasteiger partial charge on any atom is 0.128 e. The Labute approximate surface area is 97.3 Å². The van der Waals surface area contributed by atoms with Crippen molar-refractivity contribution in [2.75, 3.05) is 45.2 Å². The molecule has 0 aromatic carbocycles. The summed E-state index contributed by atoms with van der Waals surface area (Å²) >= 11 is 0. The molecule has 0 amide bonds. The van der Waals surface area contributed by atoms with E-state index in [4.69, 9.17) is 0 Å². The van der Waals surface area contributed by atoms with Gasteiger partial charge < -0.3 is 15.1 Å². The van der Waals surface area contributed by atoms with E-state index in [1.54, 1.807) is 0 Å². The van der Waals surface area contributed by atoms with Crippen molar-refractivity contribution < 1.29 is 0 Å². The molecule has 4 nitrogen and oxygen atoms in total. The molecule has 1 fully saturated rings. The van der Waals surface area contributed by atoms with E-state index in [0.29, 0.717) is 0 Å². The zero-order chi connectivity index (χ0) is 11.4. The normalized spacial score (nSPS) is 17.8. The van der Waals surface area contributed by atoms with Crippen LogP contribution < -0.4 is 10.2 Å². The molecule has 1 aliphatic rings. The molecule has 2 rings (SSSR count). The van der Waals surface area contributed by atoms with Crippen LogP contribution in [0.5, 0.6) is 0 Å². The van der Waals surface area contributed by atoms with Gasteiger partial charge in [0.25, 0.3) is 0 Å².